The zero-order chi connectivity index (χ0) is 16.5. The number of primary amides is 1. The van der Waals surface area contributed by atoms with Gasteiger partial charge in [-0.05, 0) is 20.8 Å². The summed E-state index contributed by atoms with van der Waals surface area (Å²) in [6.45, 7) is 6.49. The second kappa shape index (κ2) is 6.40. The number of amides is 3. The maximum absolute atomic E-state index is 12.7. The summed E-state index contributed by atoms with van der Waals surface area (Å²) < 4.78 is 0. The van der Waals surface area contributed by atoms with Crippen LogP contribution in [-0.2, 0) is 14.4 Å². The van der Waals surface area contributed by atoms with Gasteiger partial charge >= 0.3 is 0 Å². The third-order valence-electron chi connectivity index (χ3n) is 3.82. The average Bonchev–Trinajstić information content (AvgIpc) is 2.61. The highest BCUT2D eigenvalue weighted by molar-refractivity contribution is 5.96. The monoisotopic (exact) mass is 300 g/mol. The molecule has 3 amide bonds. The minimum atomic E-state index is -1.15. The predicted octanol–water partition coefficient (Wildman–Crippen LogP) is -2.08. The van der Waals surface area contributed by atoms with Gasteiger partial charge in [0.05, 0.1) is 12.1 Å². The van der Waals surface area contributed by atoms with Crippen molar-refractivity contribution in [2.75, 3.05) is 0 Å². The van der Waals surface area contributed by atoms with Crippen LogP contribution >= 0.6 is 0 Å². The van der Waals surface area contributed by atoms with E-state index in [4.69, 9.17) is 11.5 Å². The van der Waals surface area contributed by atoms with Crippen LogP contribution in [0.4, 0.5) is 0 Å². The number of nitrogens with two attached hydrogens (primary N) is 2. The van der Waals surface area contributed by atoms with Gasteiger partial charge in [-0.2, -0.15) is 0 Å². The van der Waals surface area contributed by atoms with Gasteiger partial charge in [0.2, 0.25) is 17.7 Å². The van der Waals surface area contributed by atoms with E-state index in [0.29, 0.717) is 0 Å². The maximum Gasteiger partial charge on any atom is 0.246 e. The van der Waals surface area contributed by atoms with E-state index in [2.05, 4.69) is 5.32 Å². The molecule has 1 aliphatic heterocycles. The van der Waals surface area contributed by atoms with Gasteiger partial charge in [0.15, 0.2) is 0 Å². The summed E-state index contributed by atoms with van der Waals surface area (Å²) in [5, 5.41) is 12.3. The minimum Gasteiger partial charge on any atom is -0.391 e. The molecule has 1 fully saturated rings. The van der Waals surface area contributed by atoms with Crippen LogP contribution in [0.5, 0.6) is 0 Å². The molecule has 0 bridgehead atoms. The molecule has 21 heavy (non-hydrogen) atoms. The molecular weight excluding hydrogens is 276 g/mol. The van der Waals surface area contributed by atoms with Crippen molar-refractivity contribution in [1.82, 2.24) is 10.2 Å². The zero-order valence-electron chi connectivity index (χ0n) is 12.7. The van der Waals surface area contributed by atoms with E-state index < -0.39 is 47.9 Å². The van der Waals surface area contributed by atoms with Gasteiger partial charge in [0, 0.05) is 12.0 Å². The number of nitrogens with zero attached hydrogens (tertiary/aromatic N) is 1. The third-order valence-corrected chi connectivity index (χ3v) is 3.82. The number of nitrogens with one attached hydrogen (secondary N) is 1. The predicted molar refractivity (Wildman–Crippen MR) is 75.7 cm³/mol. The minimum absolute atomic E-state index is 0.370. The normalized spacial score (nSPS) is 28.1. The van der Waals surface area contributed by atoms with E-state index in [9.17, 15) is 19.5 Å². The van der Waals surface area contributed by atoms with E-state index in [1.54, 1.807) is 20.8 Å². The molecule has 0 aliphatic carbocycles. The lowest BCUT2D eigenvalue weighted by atomic mass is 9.96. The van der Waals surface area contributed by atoms with Gasteiger partial charge in [-0.25, -0.2) is 0 Å². The Balaban J connectivity index is 3.09. The Labute approximate surface area is 123 Å². The molecule has 1 rings (SSSR count). The molecule has 6 N–H and O–H groups in total. The first-order valence-corrected chi connectivity index (χ1v) is 6.95. The number of hydrogen-bond donors (Lipinski definition) is 4. The fraction of sp³-hybridized carbons (Fsp3) is 0.769. The molecule has 0 radical (unpaired) electrons. The zero-order valence-corrected chi connectivity index (χ0v) is 12.7. The molecule has 8 nitrogen and oxygen atoms in total. The summed E-state index contributed by atoms with van der Waals surface area (Å²) in [6.07, 6.45) is -1.12. The Morgan fingerprint density at radius 3 is 2.14 bits per heavy atom. The molecule has 8 heteroatoms. The standard InChI is InChI=1S/C13H24N4O4/c1-5(2)17(10(7(4)18)11(15)19)13(21)9-6(3)8(14)12(20)16-9/h5-10,18H,14H2,1-4H3,(H2,15,19)(H,16,20)/t6?,7-,8?,9?,10+/m1/s1. The third kappa shape index (κ3) is 3.33. The van der Waals surface area contributed by atoms with Crippen LogP contribution in [-0.4, -0.2) is 58.0 Å². The van der Waals surface area contributed by atoms with Crippen LogP contribution in [0.1, 0.15) is 27.7 Å². The summed E-state index contributed by atoms with van der Waals surface area (Å²) in [5.74, 6) is -2.08. The lowest BCUT2D eigenvalue weighted by molar-refractivity contribution is -0.147. The molecule has 0 aromatic carbocycles. The second-order valence-electron chi connectivity index (χ2n) is 5.80. The summed E-state index contributed by atoms with van der Waals surface area (Å²) in [6, 6.07) is -3.12. The lowest BCUT2D eigenvalue weighted by Gasteiger charge is -2.37. The molecule has 0 aromatic heterocycles. The van der Waals surface area contributed by atoms with Gasteiger partial charge in [-0.1, -0.05) is 6.92 Å². The number of aliphatic hydroxyl groups is 1. The lowest BCUT2D eigenvalue weighted by Crippen LogP contribution is -2.60. The number of hydrogen-bond acceptors (Lipinski definition) is 5. The molecule has 1 aliphatic rings. The highest BCUT2D eigenvalue weighted by atomic mass is 16.3. The Bertz CT molecular complexity index is 438. The molecule has 1 heterocycles. The Kier molecular flexibility index (Phi) is 5.30. The number of rotatable bonds is 5. The van der Waals surface area contributed by atoms with Crippen molar-refractivity contribution in [2.24, 2.45) is 17.4 Å². The first-order chi connectivity index (χ1) is 9.59. The number of carbonyl (C=O) groups excluding carboxylic acids is 3. The molecular formula is C13H24N4O4. The summed E-state index contributed by atoms with van der Waals surface area (Å²) >= 11 is 0. The van der Waals surface area contributed by atoms with Gasteiger partial charge in [0.25, 0.3) is 0 Å². The van der Waals surface area contributed by atoms with E-state index in [0.717, 1.165) is 0 Å². The molecule has 0 spiro atoms. The highest BCUT2D eigenvalue weighted by Gasteiger charge is 2.45. The van der Waals surface area contributed by atoms with Crippen molar-refractivity contribution < 1.29 is 19.5 Å². The van der Waals surface area contributed by atoms with Crippen molar-refractivity contribution in [1.29, 1.82) is 0 Å². The number of carbonyl (C=O) groups is 3. The van der Waals surface area contributed by atoms with Crippen molar-refractivity contribution in [3.05, 3.63) is 0 Å². The van der Waals surface area contributed by atoms with Crippen molar-refractivity contribution in [3.8, 4) is 0 Å². The smallest absolute Gasteiger partial charge is 0.246 e. The van der Waals surface area contributed by atoms with E-state index in [1.165, 1.54) is 11.8 Å². The van der Waals surface area contributed by atoms with Crippen LogP contribution < -0.4 is 16.8 Å². The molecule has 0 saturated carbocycles. The van der Waals surface area contributed by atoms with Gasteiger partial charge in [-0.15, -0.1) is 0 Å². The van der Waals surface area contributed by atoms with Crippen LogP contribution in [0.3, 0.4) is 0 Å². The molecule has 120 valence electrons. The first kappa shape index (κ1) is 17.4. The van der Waals surface area contributed by atoms with Gasteiger partial charge in [-0.3, -0.25) is 14.4 Å². The van der Waals surface area contributed by atoms with Crippen molar-refractivity contribution >= 4 is 17.7 Å². The van der Waals surface area contributed by atoms with Crippen LogP contribution in [0.25, 0.3) is 0 Å². The maximum atomic E-state index is 12.7. The SMILES string of the molecule is CC1C(N)C(=O)NC1C(=O)N(C(C)C)[C@H](C(N)=O)[C@@H](C)O. The van der Waals surface area contributed by atoms with Gasteiger partial charge in [0.1, 0.15) is 12.1 Å². The fourth-order valence-electron chi connectivity index (χ4n) is 2.59. The molecule has 1 saturated heterocycles. The first-order valence-electron chi connectivity index (χ1n) is 6.95. The summed E-state index contributed by atoms with van der Waals surface area (Å²) in [5.41, 5.74) is 11.0. The van der Waals surface area contributed by atoms with Crippen LogP contribution in [0.15, 0.2) is 0 Å². The van der Waals surface area contributed by atoms with Gasteiger partial charge < -0.3 is 26.8 Å². The quantitative estimate of drug-likeness (QED) is 0.461. The number of aliphatic hydroxyl groups excluding tert-OH is 1. The molecule has 5 atom stereocenters. The largest absolute Gasteiger partial charge is 0.391 e. The fourth-order valence-corrected chi connectivity index (χ4v) is 2.59. The van der Waals surface area contributed by atoms with Crippen molar-refractivity contribution in [2.45, 2.75) is 58.0 Å². The molecule has 3 unspecified atom stereocenters. The summed E-state index contributed by atoms with van der Waals surface area (Å²) in [7, 11) is 0. The second-order valence-corrected chi connectivity index (χ2v) is 5.80. The topological polar surface area (TPSA) is 139 Å². The van der Waals surface area contributed by atoms with Crippen molar-refractivity contribution in [3.63, 3.8) is 0 Å². The average molecular weight is 300 g/mol. The Morgan fingerprint density at radius 2 is 1.86 bits per heavy atom. The Hall–Kier alpha value is -1.67. The van der Waals surface area contributed by atoms with Crippen LogP contribution in [0.2, 0.25) is 0 Å². The van der Waals surface area contributed by atoms with Crippen LogP contribution in [0, 0.1) is 5.92 Å². The van der Waals surface area contributed by atoms with E-state index in [-0.39, 0.29) is 6.04 Å². The molecule has 0 aromatic rings. The highest BCUT2D eigenvalue weighted by Crippen LogP contribution is 2.20. The van der Waals surface area contributed by atoms with E-state index in [1.807, 2.05) is 0 Å². The summed E-state index contributed by atoms with van der Waals surface area (Å²) in [4.78, 5) is 37.0. The van der Waals surface area contributed by atoms with E-state index >= 15 is 0 Å². The Morgan fingerprint density at radius 1 is 1.33 bits per heavy atom.